The van der Waals surface area contributed by atoms with Crippen molar-refractivity contribution in [1.29, 1.82) is 0 Å². The second kappa shape index (κ2) is 7.24. The van der Waals surface area contributed by atoms with Crippen molar-refractivity contribution in [2.75, 3.05) is 13.1 Å². The lowest BCUT2D eigenvalue weighted by molar-refractivity contribution is 0.336. The Labute approximate surface area is 95.0 Å². The lowest BCUT2D eigenvalue weighted by atomic mass is 9.94. The number of hydrogen-bond acceptors (Lipinski definition) is 2. The molecular weight excluding hydrogens is 184 g/mol. The van der Waals surface area contributed by atoms with E-state index in [9.17, 15) is 0 Å². The first-order chi connectivity index (χ1) is 7.31. The molecule has 1 aliphatic rings. The zero-order valence-electron chi connectivity index (χ0n) is 10.5. The highest BCUT2D eigenvalue weighted by Crippen LogP contribution is 2.33. The number of nitrogens with two attached hydrogens (primary N) is 1. The molecule has 15 heavy (non-hydrogen) atoms. The maximum absolute atomic E-state index is 5.82. The van der Waals surface area contributed by atoms with E-state index in [1.165, 1.54) is 38.5 Å². The second-order valence-electron chi connectivity index (χ2n) is 4.96. The minimum Gasteiger partial charge on any atom is -0.329 e. The van der Waals surface area contributed by atoms with E-state index >= 15 is 0 Å². The molecule has 0 aliphatic heterocycles. The van der Waals surface area contributed by atoms with Crippen LogP contribution in [0.25, 0.3) is 0 Å². The van der Waals surface area contributed by atoms with Crippen LogP contribution in [0.2, 0.25) is 0 Å². The molecule has 0 aromatic heterocycles. The van der Waals surface area contributed by atoms with Gasteiger partial charge in [-0.3, -0.25) is 0 Å². The molecule has 0 aromatic carbocycles. The third kappa shape index (κ3) is 4.98. The monoisotopic (exact) mass is 212 g/mol. The van der Waals surface area contributed by atoms with Crippen LogP contribution in [0.3, 0.4) is 0 Å². The fraction of sp³-hybridized carbons (Fsp3) is 1.00. The minimum atomic E-state index is 0.541. The Morgan fingerprint density at radius 3 is 2.40 bits per heavy atom. The van der Waals surface area contributed by atoms with Gasteiger partial charge in [-0.15, -0.1) is 0 Å². The van der Waals surface area contributed by atoms with E-state index in [-0.39, 0.29) is 0 Å². The van der Waals surface area contributed by atoms with Gasteiger partial charge in [0.2, 0.25) is 0 Å². The largest absolute Gasteiger partial charge is 0.329 e. The van der Waals surface area contributed by atoms with E-state index in [4.69, 9.17) is 5.73 Å². The molecule has 0 bridgehead atoms. The van der Waals surface area contributed by atoms with Gasteiger partial charge < -0.3 is 11.1 Å². The van der Waals surface area contributed by atoms with Crippen LogP contribution in [-0.4, -0.2) is 19.1 Å². The van der Waals surface area contributed by atoms with Crippen LogP contribution in [0, 0.1) is 11.8 Å². The molecule has 1 rings (SSSR count). The summed E-state index contributed by atoms with van der Waals surface area (Å²) in [5.74, 6) is 1.83. The Kier molecular flexibility index (Phi) is 6.26. The Morgan fingerprint density at radius 2 is 1.93 bits per heavy atom. The SMILES string of the molecule is CCC(CC)C(CN)NCCCC1CC1. The molecule has 2 nitrogen and oxygen atoms in total. The van der Waals surface area contributed by atoms with Gasteiger partial charge in [-0.25, -0.2) is 0 Å². The average Bonchev–Trinajstić information content (AvgIpc) is 3.06. The van der Waals surface area contributed by atoms with Crippen LogP contribution in [0.1, 0.15) is 52.4 Å². The Balaban J connectivity index is 2.07. The van der Waals surface area contributed by atoms with E-state index in [1.54, 1.807) is 0 Å². The van der Waals surface area contributed by atoms with Gasteiger partial charge in [0.25, 0.3) is 0 Å². The Bertz CT molecular complexity index is 151. The van der Waals surface area contributed by atoms with Gasteiger partial charge in [0, 0.05) is 12.6 Å². The van der Waals surface area contributed by atoms with Crippen LogP contribution in [0.15, 0.2) is 0 Å². The van der Waals surface area contributed by atoms with Crippen molar-refractivity contribution >= 4 is 0 Å². The zero-order valence-corrected chi connectivity index (χ0v) is 10.5. The maximum Gasteiger partial charge on any atom is 0.0218 e. The molecule has 0 saturated heterocycles. The fourth-order valence-corrected chi connectivity index (χ4v) is 2.38. The van der Waals surface area contributed by atoms with Crippen LogP contribution in [0.4, 0.5) is 0 Å². The molecule has 2 heteroatoms. The Hall–Kier alpha value is -0.0800. The zero-order chi connectivity index (χ0) is 11.1. The Morgan fingerprint density at radius 1 is 1.27 bits per heavy atom. The predicted molar refractivity (Wildman–Crippen MR) is 66.9 cm³/mol. The molecule has 0 amide bonds. The van der Waals surface area contributed by atoms with E-state index in [0.29, 0.717) is 6.04 Å². The molecular formula is C13H28N2. The van der Waals surface area contributed by atoms with Crippen molar-refractivity contribution in [3.8, 4) is 0 Å². The molecule has 1 saturated carbocycles. The highest BCUT2D eigenvalue weighted by atomic mass is 14.9. The summed E-state index contributed by atoms with van der Waals surface area (Å²) < 4.78 is 0. The highest BCUT2D eigenvalue weighted by molar-refractivity contribution is 4.77. The van der Waals surface area contributed by atoms with Gasteiger partial charge in [-0.2, -0.15) is 0 Å². The van der Waals surface area contributed by atoms with E-state index in [0.717, 1.165) is 24.9 Å². The molecule has 0 radical (unpaired) electrons. The van der Waals surface area contributed by atoms with Crippen molar-refractivity contribution in [1.82, 2.24) is 5.32 Å². The van der Waals surface area contributed by atoms with Gasteiger partial charge in [0.15, 0.2) is 0 Å². The molecule has 1 aliphatic carbocycles. The van der Waals surface area contributed by atoms with Crippen molar-refractivity contribution in [3.63, 3.8) is 0 Å². The van der Waals surface area contributed by atoms with E-state index in [2.05, 4.69) is 19.2 Å². The maximum atomic E-state index is 5.82. The predicted octanol–water partition coefficient (Wildman–Crippen LogP) is 2.53. The molecule has 0 heterocycles. The normalized spacial score (nSPS) is 18.4. The lowest BCUT2D eigenvalue weighted by Gasteiger charge is -2.25. The number of rotatable bonds is 9. The van der Waals surface area contributed by atoms with Crippen molar-refractivity contribution in [2.45, 2.75) is 58.4 Å². The van der Waals surface area contributed by atoms with E-state index < -0.39 is 0 Å². The summed E-state index contributed by atoms with van der Waals surface area (Å²) in [7, 11) is 0. The van der Waals surface area contributed by atoms with Gasteiger partial charge in [-0.05, 0) is 31.2 Å². The first-order valence-corrected chi connectivity index (χ1v) is 6.75. The van der Waals surface area contributed by atoms with Crippen molar-refractivity contribution in [2.24, 2.45) is 17.6 Å². The molecule has 1 unspecified atom stereocenters. The number of nitrogens with one attached hydrogen (secondary N) is 1. The summed E-state index contributed by atoms with van der Waals surface area (Å²) in [5.41, 5.74) is 5.82. The first kappa shape index (κ1) is 13.0. The summed E-state index contributed by atoms with van der Waals surface area (Å²) in [6.07, 6.45) is 8.20. The third-order valence-electron chi connectivity index (χ3n) is 3.76. The van der Waals surface area contributed by atoms with Crippen LogP contribution in [0.5, 0.6) is 0 Å². The van der Waals surface area contributed by atoms with Gasteiger partial charge >= 0.3 is 0 Å². The smallest absolute Gasteiger partial charge is 0.0218 e. The summed E-state index contributed by atoms with van der Waals surface area (Å²) >= 11 is 0. The van der Waals surface area contributed by atoms with Gasteiger partial charge in [0.1, 0.15) is 0 Å². The molecule has 90 valence electrons. The summed E-state index contributed by atoms with van der Waals surface area (Å²) in [4.78, 5) is 0. The lowest BCUT2D eigenvalue weighted by Crippen LogP contribution is -2.42. The van der Waals surface area contributed by atoms with Gasteiger partial charge in [0.05, 0.1) is 0 Å². The summed E-state index contributed by atoms with van der Waals surface area (Å²) in [6.45, 7) is 6.48. The quantitative estimate of drug-likeness (QED) is 0.576. The topological polar surface area (TPSA) is 38.0 Å². The second-order valence-corrected chi connectivity index (χ2v) is 4.96. The van der Waals surface area contributed by atoms with Crippen LogP contribution < -0.4 is 11.1 Å². The summed E-state index contributed by atoms with van der Waals surface area (Å²) in [6, 6.07) is 0.541. The average molecular weight is 212 g/mol. The fourth-order valence-electron chi connectivity index (χ4n) is 2.38. The van der Waals surface area contributed by atoms with Crippen molar-refractivity contribution < 1.29 is 0 Å². The molecule has 3 N–H and O–H groups in total. The number of hydrogen-bond donors (Lipinski definition) is 2. The third-order valence-corrected chi connectivity index (χ3v) is 3.76. The minimum absolute atomic E-state index is 0.541. The van der Waals surface area contributed by atoms with E-state index in [1.807, 2.05) is 0 Å². The van der Waals surface area contributed by atoms with Crippen LogP contribution >= 0.6 is 0 Å². The van der Waals surface area contributed by atoms with Gasteiger partial charge in [-0.1, -0.05) is 39.5 Å². The standard InChI is InChI=1S/C13H28N2/c1-3-12(4-2)13(10-14)15-9-5-6-11-7-8-11/h11-13,15H,3-10,14H2,1-2H3. The van der Waals surface area contributed by atoms with Crippen molar-refractivity contribution in [3.05, 3.63) is 0 Å². The summed E-state index contributed by atoms with van der Waals surface area (Å²) in [5, 5.41) is 3.63. The van der Waals surface area contributed by atoms with Crippen LogP contribution in [-0.2, 0) is 0 Å². The molecule has 1 fully saturated rings. The highest BCUT2D eigenvalue weighted by Gasteiger charge is 2.21. The molecule has 0 spiro atoms. The molecule has 0 aromatic rings. The molecule has 1 atom stereocenters. The first-order valence-electron chi connectivity index (χ1n) is 6.75.